The van der Waals surface area contributed by atoms with Gasteiger partial charge in [-0.2, -0.15) is 0 Å². The third-order valence-electron chi connectivity index (χ3n) is 2.01. The van der Waals surface area contributed by atoms with Crippen LogP contribution in [0, 0.1) is 11.8 Å². The SMILES string of the molecule is C[C@H](O)CCC#Cc1ccc(OC(F)(F)F)cc1. The zero-order valence-corrected chi connectivity index (χ0v) is 9.79. The summed E-state index contributed by atoms with van der Waals surface area (Å²) in [7, 11) is 0. The van der Waals surface area contributed by atoms with Crippen molar-refractivity contribution in [2.45, 2.75) is 32.2 Å². The first-order valence-electron chi connectivity index (χ1n) is 5.39. The van der Waals surface area contributed by atoms with Gasteiger partial charge in [-0.3, -0.25) is 0 Å². The molecule has 0 aliphatic rings. The number of halogens is 3. The normalized spacial score (nSPS) is 12.5. The number of benzene rings is 1. The molecule has 1 atom stereocenters. The largest absolute Gasteiger partial charge is 0.573 e. The van der Waals surface area contributed by atoms with Crippen molar-refractivity contribution in [1.29, 1.82) is 0 Å². The molecule has 0 heterocycles. The van der Waals surface area contributed by atoms with Gasteiger partial charge in [0, 0.05) is 12.0 Å². The van der Waals surface area contributed by atoms with E-state index in [4.69, 9.17) is 5.11 Å². The first-order chi connectivity index (χ1) is 8.37. The quantitative estimate of drug-likeness (QED) is 0.844. The molecular formula is C13H13F3O2. The summed E-state index contributed by atoms with van der Waals surface area (Å²) in [5, 5.41) is 9.00. The first kappa shape index (κ1) is 14.4. The molecule has 18 heavy (non-hydrogen) atoms. The molecule has 0 spiro atoms. The van der Waals surface area contributed by atoms with E-state index in [2.05, 4.69) is 16.6 Å². The highest BCUT2D eigenvalue weighted by Crippen LogP contribution is 2.22. The van der Waals surface area contributed by atoms with E-state index in [-0.39, 0.29) is 5.75 Å². The monoisotopic (exact) mass is 258 g/mol. The Bertz CT molecular complexity index is 424. The van der Waals surface area contributed by atoms with Crippen LogP contribution in [0.5, 0.6) is 5.75 Å². The molecule has 0 aliphatic heterocycles. The highest BCUT2D eigenvalue weighted by Gasteiger charge is 2.30. The third-order valence-corrected chi connectivity index (χ3v) is 2.01. The standard InChI is InChI=1S/C13H13F3O2/c1-10(17)4-2-3-5-11-6-8-12(9-7-11)18-13(14,15)16/h6-10,17H,2,4H2,1H3/t10-/m0/s1. The highest BCUT2D eigenvalue weighted by molar-refractivity contribution is 5.38. The number of rotatable bonds is 3. The second-order valence-corrected chi connectivity index (χ2v) is 3.76. The summed E-state index contributed by atoms with van der Waals surface area (Å²) in [6, 6.07) is 5.34. The Morgan fingerprint density at radius 2 is 1.89 bits per heavy atom. The second kappa shape index (κ2) is 6.31. The molecule has 0 aliphatic carbocycles. The van der Waals surface area contributed by atoms with Crippen molar-refractivity contribution in [1.82, 2.24) is 0 Å². The molecule has 0 saturated heterocycles. The average Bonchev–Trinajstić information content (AvgIpc) is 2.24. The number of hydrogen-bond acceptors (Lipinski definition) is 2. The van der Waals surface area contributed by atoms with Gasteiger partial charge in [-0.25, -0.2) is 0 Å². The van der Waals surface area contributed by atoms with E-state index in [1.54, 1.807) is 6.92 Å². The molecule has 0 unspecified atom stereocenters. The maximum Gasteiger partial charge on any atom is 0.573 e. The fourth-order valence-corrected chi connectivity index (χ4v) is 1.19. The number of aliphatic hydroxyl groups is 1. The highest BCUT2D eigenvalue weighted by atomic mass is 19.4. The van der Waals surface area contributed by atoms with Crippen LogP contribution >= 0.6 is 0 Å². The summed E-state index contributed by atoms with van der Waals surface area (Å²) in [6.45, 7) is 1.67. The van der Waals surface area contributed by atoms with Crippen LogP contribution in [-0.2, 0) is 0 Å². The lowest BCUT2D eigenvalue weighted by atomic mass is 10.2. The molecule has 0 aromatic heterocycles. The Hall–Kier alpha value is -1.67. The maximum atomic E-state index is 11.9. The lowest BCUT2D eigenvalue weighted by Gasteiger charge is -2.07. The van der Waals surface area contributed by atoms with Crippen molar-refractivity contribution in [3.63, 3.8) is 0 Å². The van der Waals surface area contributed by atoms with E-state index in [0.29, 0.717) is 18.4 Å². The minimum atomic E-state index is -4.68. The number of hydrogen-bond donors (Lipinski definition) is 1. The summed E-state index contributed by atoms with van der Waals surface area (Å²) in [4.78, 5) is 0. The first-order valence-corrected chi connectivity index (χ1v) is 5.39. The zero-order chi connectivity index (χ0) is 13.6. The van der Waals surface area contributed by atoms with E-state index in [1.807, 2.05) is 0 Å². The van der Waals surface area contributed by atoms with Crippen LogP contribution in [0.15, 0.2) is 24.3 Å². The van der Waals surface area contributed by atoms with Crippen molar-refractivity contribution >= 4 is 0 Å². The molecular weight excluding hydrogens is 245 g/mol. The molecule has 0 saturated carbocycles. The molecule has 1 aromatic carbocycles. The van der Waals surface area contributed by atoms with Crippen molar-refractivity contribution in [2.24, 2.45) is 0 Å². The molecule has 0 radical (unpaired) electrons. The summed E-state index contributed by atoms with van der Waals surface area (Å²) in [6.07, 6.45) is -3.97. The Kier molecular flexibility index (Phi) is 5.05. The molecule has 0 fully saturated rings. The van der Waals surface area contributed by atoms with Gasteiger partial charge >= 0.3 is 6.36 Å². The summed E-state index contributed by atoms with van der Waals surface area (Å²) >= 11 is 0. The van der Waals surface area contributed by atoms with Crippen molar-refractivity contribution in [3.05, 3.63) is 29.8 Å². The Morgan fingerprint density at radius 1 is 1.28 bits per heavy atom. The number of alkyl halides is 3. The van der Waals surface area contributed by atoms with Gasteiger partial charge in [0.1, 0.15) is 5.75 Å². The molecule has 5 heteroatoms. The fourth-order valence-electron chi connectivity index (χ4n) is 1.19. The van der Waals surface area contributed by atoms with Gasteiger partial charge < -0.3 is 9.84 Å². The Balaban J connectivity index is 2.55. The second-order valence-electron chi connectivity index (χ2n) is 3.76. The molecule has 0 amide bonds. The van der Waals surface area contributed by atoms with Gasteiger partial charge in [-0.15, -0.1) is 13.2 Å². The smallest absolute Gasteiger partial charge is 0.406 e. The van der Waals surface area contributed by atoms with Gasteiger partial charge in [-0.1, -0.05) is 11.8 Å². The summed E-state index contributed by atoms with van der Waals surface area (Å²) in [5.41, 5.74) is 0.607. The van der Waals surface area contributed by atoms with E-state index in [1.165, 1.54) is 24.3 Å². The average molecular weight is 258 g/mol. The van der Waals surface area contributed by atoms with Crippen LogP contribution in [0.3, 0.4) is 0 Å². The molecule has 2 nitrogen and oxygen atoms in total. The van der Waals surface area contributed by atoms with E-state index in [9.17, 15) is 13.2 Å². The molecule has 1 aromatic rings. The van der Waals surface area contributed by atoms with E-state index in [0.717, 1.165) is 0 Å². The van der Waals surface area contributed by atoms with Gasteiger partial charge in [0.25, 0.3) is 0 Å². The Morgan fingerprint density at radius 3 is 2.39 bits per heavy atom. The lowest BCUT2D eigenvalue weighted by Crippen LogP contribution is -2.16. The molecule has 1 rings (SSSR count). The van der Waals surface area contributed by atoms with Crippen molar-refractivity contribution < 1.29 is 23.0 Å². The van der Waals surface area contributed by atoms with Crippen molar-refractivity contribution in [2.75, 3.05) is 0 Å². The molecule has 98 valence electrons. The summed E-state index contributed by atoms with van der Waals surface area (Å²) < 4.78 is 39.4. The fraction of sp³-hybridized carbons (Fsp3) is 0.385. The van der Waals surface area contributed by atoms with E-state index < -0.39 is 12.5 Å². The van der Waals surface area contributed by atoms with Crippen LogP contribution in [0.25, 0.3) is 0 Å². The van der Waals surface area contributed by atoms with Crippen LogP contribution in [0.4, 0.5) is 13.2 Å². The maximum absolute atomic E-state index is 11.9. The van der Waals surface area contributed by atoms with Crippen LogP contribution in [0.2, 0.25) is 0 Å². The number of aliphatic hydroxyl groups excluding tert-OH is 1. The van der Waals surface area contributed by atoms with Gasteiger partial charge in [0.15, 0.2) is 0 Å². The van der Waals surface area contributed by atoms with Gasteiger partial charge in [0.05, 0.1) is 6.10 Å². The van der Waals surface area contributed by atoms with Gasteiger partial charge in [-0.05, 0) is 37.6 Å². The summed E-state index contributed by atoms with van der Waals surface area (Å²) in [5.74, 6) is 5.35. The minimum Gasteiger partial charge on any atom is -0.406 e. The van der Waals surface area contributed by atoms with E-state index >= 15 is 0 Å². The Labute approximate surface area is 103 Å². The van der Waals surface area contributed by atoms with Crippen LogP contribution in [0.1, 0.15) is 25.3 Å². The third kappa shape index (κ3) is 6.16. The van der Waals surface area contributed by atoms with Crippen LogP contribution in [-0.4, -0.2) is 17.6 Å². The lowest BCUT2D eigenvalue weighted by molar-refractivity contribution is -0.274. The minimum absolute atomic E-state index is 0.267. The van der Waals surface area contributed by atoms with Crippen molar-refractivity contribution in [3.8, 4) is 17.6 Å². The van der Waals surface area contributed by atoms with Crippen LogP contribution < -0.4 is 4.74 Å². The zero-order valence-electron chi connectivity index (χ0n) is 9.79. The van der Waals surface area contributed by atoms with Gasteiger partial charge in [0.2, 0.25) is 0 Å². The predicted molar refractivity (Wildman–Crippen MR) is 60.9 cm³/mol. The molecule has 0 bridgehead atoms. The predicted octanol–water partition coefficient (Wildman–Crippen LogP) is 3.10. The number of ether oxygens (including phenoxy) is 1. The molecule has 1 N–H and O–H groups in total. The topological polar surface area (TPSA) is 29.5 Å².